The second-order valence-electron chi connectivity index (χ2n) is 4.94. The van der Waals surface area contributed by atoms with Gasteiger partial charge in [-0.3, -0.25) is 14.9 Å². The van der Waals surface area contributed by atoms with E-state index in [1.54, 1.807) is 36.4 Å². The van der Waals surface area contributed by atoms with Gasteiger partial charge < -0.3 is 9.47 Å². The van der Waals surface area contributed by atoms with Crippen LogP contribution in [0.25, 0.3) is 6.08 Å². The van der Waals surface area contributed by atoms with E-state index in [0.717, 1.165) is 0 Å². The van der Waals surface area contributed by atoms with Crippen LogP contribution in [0.1, 0.15) is 15.9 Å². The smallest absolute Gasteiger partial charge is 0.343 e. The number of methoxy groups -OCH3 is 1. The van der Waals surface area contributed by atoms with Crippen LogP contribution in [0.4, 0.5) is 5.69 Å². The largest absolute Gasteiger partial charge is 0.482 e. The number of nitro groups is 1. The molecule has 0 aliphatic carbocycles. The summed E-state index contributed by atoms with van der Waals surface area (Å²) in [6.45, 7) is -0.212. The van der Waals surface area contributed by atoms with Crippen LogP contribution in [0, 0.1) is 10.1 Å². The number of nitro benzene ring substituents is 1. The van der Waals surface area contributed by atoms with Crippen molar-refractivity contribution in [1.29, 1.82) is 0 Å². The highest BCUT2D eigenvalue weighted by atomic mass is 16.6. The fraction of sp³-hybridized carbons (Fsp3) is 0.111. The number of allylic oxidation sites excluding steroid dienone is 1. The number of ketones is 1. The van der Waals surface area contributed by atoms with E-state index in [1.165, 1.54) is 31.4 Å². The predicted octanol–water partition coefficient (Wildman–Crippen LogP) is 3.04. The lowest BCUT2D eigenvalue weighted by molar-refractivity contribution is -0.384. The van der Waals surface area contributed by atoms with E-state index >= 15 is 0 Å². The maximum atomic E-state index is 12.1. The lowest BCUT2D eigenvalue weighted by Crippen LogP contribution is -2.12. The van der Waals surface area contributed by atoms with Crippen molar-refractivity contribution in [3.05, 3.63) is 75.8 Å². The highest BCUT2D eigenvalue weighted by molar-refractivity contribution is 6.06. The Bertz CT molecular complexity index is 811. The van der Waals surface area contributed by atoms with Gasteiger partial charge in [0.1, 0.15) is 5.75 Å². The van der Waals surface area contributed by atoms with Gasteiger partial charge in [0.15, 0.2) is 12.4 Å². The minimum absolute atomic E-state index is 0.0401. The van der Waals surface area contributed by atoms with Gasteiger partial charge in [0.2, 0.25) is 0 Å². The second-order valence-corrected chi connectivity index (χ2v) is 4.94. The summed E-state index contributed by atoms with van der Waals surface area (Å²) in [7, 11) is 1.27. The Morgan fingerprint density at radius 2 is 1.88 bits per heavy atom. The van der Waals surface area contributed by atoms with Crippen LogP contribution in [0.2, 0.25) is 0 Å². The molecule has 2 aromatic carbocycles. The van der Waals surface area contributed by atoms with Crippen LogP contribution in [0.3, 0.4) is 0 Å². The molecule has 0 fully saturated rings. The Morgan fingerprint density at radius 3 is 2.52 bits per heavy atom. The lowest BCUT2D eigenvalue weighted by atomic mass is 10.1. The summed E-state index contributed by atoms with van der Waals surface area (Å²) in [6, 6.07) is 12.2. The Kier molecular flexibility index (Phi) is 6.00. The quantitative estimate of drug-likeness (QED) is 0.252. The van der Waals surface area contributed by atoms with Crippen molar-refractivity contribution in [1.82, 2.24) is 0 Å². The molecule has 128 valence electrons. The van der Waals surface area contributed by atoms with Gasteiger partial charge in [-0.05, 0) is 35.9 Å². The van der Waals surface area contributed by atoms with Crippen LogP contribution in [-0.4, -0.2) is 30.4 Å². The zero-order chi connectivity index (χ0) is 18.2. The minimum atomic E-state index is -0.500. The van der Waals surface area contributed by atoms with Crippen molar-refractivity contribution in [3.8, 4) is 5.75 Å². The Balaban J connectivity index is 2.02. The number of ether oxygens (including phenoxy) is 2. The third kappa shape index (κ3) is 5.28. The van der Waals surface area contributed by atoms with Crippen LogP contribution in [0.5, 0.6) is 5.75 Å². The molecule has 7 heteroatoms. The lowest BCUT2D eigenvalue weighted by Gasteiger charge is -2.04. The first-order valence-corrected chi connectivity index (χ1v) is 7.26. The molecule has 2 aromatic rings. The molecule has 0 heterocycles. The molecular weight excluding hydrogens is 326 g/mol. The Labute approximate surface area is 143 Å². The van der Waals surface area contributed by atoms with Gasteiger partial charge >= 0.3 is 5.97 Å². The number of hydrogen-bond donors (Lipinski definition) is 0. The number of non-ortho nitro benzene ring substituents is 1. The molecule has 7 nitrogen and oxygen atoms in total. The summed E-state index contributed by atoms with van der Waals surface area (Å²) in [5.41, 5.74) is 0.939. The molecular formula is C18H15NO6. The molecule has 0 aliphatic heterocycles. The fourth-order valence-corrected chi connectivity index (χ4v) is 1.93. The number of rotatable bonds is 7. The molecule has 0 aliphatic rings. The highest BCUT2D eigenvalue weighted by Crippen LogP contribution is 2.16. The van der Waals surface area contributed by atoms with Crippen molar-refractivity contribution >= 4 is 23.5 Å². The topological polar surface area (TPSA) is 95.7 Å². The van der Waals surface area contributed by atoms with E-state index in [1.807, 2.05) is 0 Å². The monoisotopic (exact) mass is 341 g/mol. The first kappa shape index (κ1) is 17.9. The number of esters is 1. The molecule has 0 saturated heterocycles. The Hall–Kier alpha value is -3.48. The van der Waals surface area contributed by atoms with Crippen LogP contribution in [-0.2, 0) is 9.53 Å². The fourth-order valence-electron chi connectivity index (χ4n) is 1.93. The van der Waals surface area contributed by atoms with Crippen molar-refractivity contribution in [2.75, 3.05) is 13.7 Å². The molecule has 0 saturated carbocycles. The molecule has 0 N–H and O–H groups in total. The SMILES string of the molecule is COC(=O)COc1ccc(C(=O)C=Cc2cccc([N+](=O)[O-])c2)cc1. The number of nitrogens with zero attached hydrogens (tertiary/aromatic N) is 1. The zero-order valence-corrected chi connectivity index (χ0v) is 13.4. The molecule has 25 heavy (non-hydrogen) atoms. The molecule has 2 rings (SSSR count). The molecule has 0 aromatic heterocycles. The summed E-state index contributed by atoms with van der Waals surface area (Å²) < 4.78 is 9.65. The van der Waals surface area contributed by atoms with Crippen LogP contribution >= 0.6 is 0 Å². The average Bonchev–Trinajstić information content (AvgIpc) is 2.64. The van der Waals surface area contributed by atoms with Crippen molar-refractivity contribution in [3.63, 3.8) is 0 Å². The van der Waals surface area contributed by atoms with Gasteiger partial charge in [0.05, 0.1) is 12.0 Å². The first-order chi connectivity index (χ1) is 12.0. The summed E-state index contributed by atoms with van der Waals surface area (Å²) in [6.07, 6.45) is 2.85. The third-order valence-corrected chi connectivity index (χ3v) is 3.23. The van der Waals surface area contributed by atoms with E-state index in [2.05, 4.69) is 4.74 Å². The molecule has 0 spiro atoms. The van der Waals surface area contributed by atoms with Gasteiger partial charge in [-0.2, -0.15) is 0 Å². The molecule has 0 unspecified atom stereocenters. The third-order valence-electron chi connectivity index (χ3n) is 3.23. The molecule has 0 bridgehead atoms. The van der Waals surface area contributed by atoms with Gasteiger partial charge in [-0.15, -0.1) is 0 Å². The number of carbonyl (C=O) groups is 2. The van der Waals surface area contributed by atoms with Gasteiger partial charge in [-0.1, -0.05) is 18.2 Å². The number of carbonyl (C=O) groups excluding carboxylic acids is 2. The van der Waals surface area contributed by atoms with E-state index in [4.69, 9.17) is 4.74 Å². The summed E-state index contributed by atoms with van der Waals surface area (Å²) in [5.74, 6) is -0.323. The summed E-state index contributed by atoms with van der Waals surface area (Å²) in [5, 5.41) is 10.7. The van der Waals surface area contributed by atoms with Crippen molar-refractivity contribution in [2.45, 2.75) is 0 Å². The Morgan fingerprint density at radius 1 is 1.16 bits per heavy atom. The standard InChI is InChI=1S/C18H15NO6/c1-24-18(21)12-25-16-8-6-14(7-9-16)17(20)10-5-13-3-2-4-15(11-13)19(22)23/h2-11H,12H2,1H3. The van der Waals surface area contributed by atoms with Crippen LogP contribution < -0.4 is 4.74 Å². The second kappa shape index (κ2) is 8.39. The van der Waals surface area contributed by atoms with E-state index in [9.17, 15) is 19.7 Å². The summed E-state index contributed by atoms with van der Waals surface area (Å²) in [4.78, 5) is 33.4. The highest BCUT2D eigenvalue weighted by Gasteiger charge is 2.06. The average molecular weight is 341 g/mol. The van der Waals surface area contributed by atoms with Crippen molar-refractivity contribution in [2.24, 2.45) is 0 Å². The van der Waals surface area contributed by atoms with Gasteiger partial charge in [0.25, 0.3) is 5.69 Å². The minimum Gasteiger partial charge on any atom is -0.482 e. The van der Waals surface area contributed by atoms with Gasteiger partial charge in [0, 0.05) is 17.7 Å². The van der Waals surface area contributed by atoms with E-state index < -0.39 is 10.9 Å². The number of benzene rings is 2. The van der Waals surface area contributed by atoms with E-state index in [0.29, 0.717) is 16.9 Å². The molecule has 0 radical (unpaired) electrons. The predicted molar refractivity (Wildman–Crippen MR) is 90.4 cm³/mol. The maximum absolute atomic E-state index is 12.1. The number of hydrogen-bond acceptors (Lipinski definition) is 6. The zero-order valence-electron chi connectivity index (χ0n) is 13.4. The van der Waals surface area contributed by atoms with E-state index in [-0.39, 0.29) is 18.1 Å². The molecule has 0 atom stereocenters. The first-order valence-electron chi connectivity index (χ1n) is 7.26. The van der Waals surface area contributed by atoms with Gasteiger partial charge in [-0.25, -0.2) is 4.79 Å². The summed E-state index contributed by atoms with van der Waals surface area (Å²) >= 11 is 0. The van der Waals surface area contributed by atoms with Crippen molar-refractivity contribution < 1.29 is 24.0 Å². The molecule has 0 amide bonds. The van der Waals surface area contributed by atoms with Crippen LogP contribution in [0.15, 0.2) is 54.6 Å². The normalized spacial score (nSPS) is 10.4. The maximum Gasteiger partial charge on any atom is 0.343 e.